The number of imidazole rings is 1. The Kier molecular flexibility index (Phi) is 4.38. The number of hydrogen-bond acceptors (Lipinski definition) is 5. The van der Waals surface area contributed by atoms with Crippen LogP contribution in [0.15, 0.2) is 58.4 Å². The molecule has 0 atom stereocenters. The Morgan fingerprint density at radius 1 is 1.19 bits per heavy atom. The van der Waals surface area contributed by atoms with E-state index in [0.29, 0.717) is 21.6 Å². The van der Waals surface area contributed by atoms with Crippen LogP contribution in [0.2, 0.25) is 5.02 Å². The first-order chi connectivity index (χ1) is 15.3. The van der Waals surface area contributed by atoms with Crippen molar-refractivity contribution in [2.24, 2.45) is 0 Å². The molecule has 10 nitrogen and oxygen atoms in total. The van der Waals surface area contributed by atoms with Crippen molar-refractivity contribution in [3.63, 3.8) is 0 Å². The van der Waals surface area contributed by atoms with Crippen LogP contribution in [0.3, 0.4) is 0 Å². The maximum atomic E-state index is 13.1. The molecular weight excluding hydrogens is 436 g/mol. The molecule has 0 aliphatic rings. The molecule has 3 heterocycles. The number of nitrogen functional groups attached to an aromatic ring is 1. The average Bonchev–Trinajstić information content (AvgIpc) is 3.31. The number of carboxylic acids is 1. The van der Waals surface area contributed by atoms with Crippen molar-refractivity contribution in [2.45, 2.75) is 6.54 Å². The molecule has 0 fully saturated rings. The highest BCUT2D eigenvalue weighted by atomic mass is 35.5. The summed E-state index contributed by atoms with van der Waals surface area (Å²) in [6.07, 6.45) is 1.27. The van der Waals surface area contributed by atoms with Crippen molar-refractivity contribution >= 4 is 45.3 Å². The van der Waals surface area contributed by atoms with E-state index in [1.807, 2.05) is 0 Å². The second-order valence-electron chi connectivity index (χ2n) is 7.19. The Morgan fingerprint density at radius 2 is 2.00 bits per heavy atom. The minimum absolute atomic E-state index is 0.0414. The number of nitrogens with one attached hydrogen (secondary N) is 2. The number of halogens is 1. The van der Waals surface area contributed by atoms with Crippen molar-refractivity contribution in [3.05, 3.63) is 85.9 Å². The van der Waals surface area contributed by atoms with E-state index in [1.165, 1.54) is 17.0 Å². The smallest absolute Gasteiger partial charge is 0.354 e. The van der Waals surface area contributed by atoms with Gasteiger partial charge in [0.15, 0.2) is 11.3 Å². The molecule has 0 unspecified atom stereocenters. The molecule has 3 aromatic heterocycles. The summed E-state index contributed by atoms with van der Waals surface area (Å²) in [5.41, 5.74) is 5.88. The van der Waals surface area contributed by atoms with Gasteiger partial charge in [0.1, 0.15) is 5.52 Å². The lowest BCUT2D eigenvalue weighted by molar-refractivity contribution is 0.0686. The van der Waals surface area contributed by atoms with Gasteiger partial charge in [-0.15, -0.1) is 0 Å². The summed E-state index contributed by atoms with van der Waals surface area (Å²) < 4.78 is 2.31. The number of rotatable bonds is 4. The lowest BCUT2D eigenvalue weighted by Crippen LogP contribution is -2.34. The number of nitrogens with zero attached hydrogens (tertiary/aromatic N) is 3. The molecule has 2 aromatic carbocycles. The second kappa shape index (κ2) is 7.13. The predicted octanol–water partition coefficient (Wildman–Crippen LogP) is 2.34. The quantitative estimate of drug-likeness (QED) is 0.308. The van der Waals surface area contributed by atoms with Crippen LogP contribution < -0.4 is 17.0 Å². The molecule has 0 saturated carbocycles. The average molecular weight is 451 g/mol. The summed E-state index contributed by atoms with van der Waals surface area (Å²) >= 11 is 6.19. The van der Waals surface area contributed by atoms with Gasteiger partial charge in [-0.3, -0.25) is 9.78 Å². The number of anilines is 1. The maximum absolute atomic E-state index is 13.1. The third-order valence-electron chi connectivity index (χ3n) is 5.20. The Labute approximate surface area is 183 Å². The minimum Gasteiger partial charge on any atom is -0.477 e. The van der Waals surface area contributed by atoms with E-state index in [9.17, 15) is 19.5 Å². The Bertz CT molecular complexity index is 1660. The number of aromatic amines is 2. The van der Waals surface area contributed by atoms with Crippen molar-refractivity contribution in [3.8, 4) is 5.69 Å². The van der Waals surface area contributed by atoms with Gasteiger partial charge < -0.3 is 20.4 Å². The number of benzene rings is 2. The van der Waals surface area contributed by atoms with Gasteiger partial charge in [-0.2, -0.15) is 0 Å². The van der Waals surface area contributed by atoms with Gasteiger partial charge in [0.25, 0.3) is 5.56 Å². The summed E-state index contributed by atoms with van der Waals surface area (Å²) in [5.74, 6) is -1.31. The van der Waals surface area contributed by atoms with E-state index in [4.69, 9.17) is 17.3 Å². The SMILES string of the molecule is Nc1cccc(Cn2c(C(=O)O)c(-n3c(=O)[nH]c4nc[nH]c4c3=O)c3cc(Cl)ccc32)c1. The van der Waals surface area contributed by atoms with E-state index in [1.54, 1.807) is 36.4 Å². The number of carbonyl (C=O) groups is 1. The first-order valence-corrected chi connectivity index (χ1v) is 9.81. The molecule has 0 aliphatic heterocycles. The molecule has 11 heteroatoms. The van der Waals surface area contributed by atoms with Crippen molar-refractivity contribution in [2.75, 3.05) is 5.73 Å². The zero-order valence-electron chi connectivity index (χ0n) is 16.3. The normalized spacial score (nSPS) is 11.4. The summed E-state index contributed by atoms with van der Waals surface area (Å²) in [6.45, 7) is 0.143. The fourth-order valence-corrected chi connectivity index (χ4v) is 4.08. The maximum Gasteiger partial charge on any atom is 0.354 e. The number of H-pyrrole nitrogens is 2. The fourth-order valence-electron chi connectivity index (χ4n) is 3.91. The molecule has 0 radical (unpaired) electrons. The Morgan fingerprint density at radius 3 is 2.75 bits per heavy atom. The van der Waals surface area contributed by atoms with Crippen LogP contribution in [-0.2, 0) is 6.54 Å². The van der Waals surface area contributed by atoms with E-state index in [2.05, 4.69) is 15.0 Å². The van der Waals surface area contributed by atoms with Crippen LogP contribution in [-0.4, -0.2) is 35.2 Å². The molecule has 0 bridgehead atoms. The van der Waals surface area contributed by atoms with Crippen LogP contribution in [0.5, 0.6) is 0 Å². The molecule has 160 valence electrons. The molecule has 0 spiro atoms. The van der Waals surface area contributed by atoms with Crippen molar-refractivity contribution in [1.29, 1.82) is 0 Å². The lowest BCUT2D eigenvalue weighted by Gasteiger charge is -2.10. The van der Waals surface area contributed by atoms with E-state index in [0.717, 1.165) is 10.1 Å². The summed E-state index contributed by atoms with van der Waals surface area (Å²) in [4.78, 5) is 47.5. The van der Waals surface area contributed by atoms with E-state index in [-0.39, 0.29) is 29.1 Å². The molecule has 5 rings (SSSR count). The van der Waals surface area contributed by atoms with Crippen molar-refractivity contribution < 1.29 is 9.90 Å². The van der Waals surface area contributed by atoms with Crippen LogP contribution in [0, 0.1) is 0 Å². The highest BCUT2D eigenvalue weighted by Crippen LogP contribution is 2.32. The summed E-state index contributed by atoms with van der Waals surface area (Å²) in [6, 6.07) is 11.8. The Balaban J connectivity index is 1.91. The van der Waals surface area contributed by atoms with Crippen LogP contribution in [0.1, 0.15) is 16.1 Å². The third-order valence-corrected chi connectivity index (χ3v) is 5.44. The van der Waals surface area contributed by atoms with Crippen LogP contribution in [0.25, 0.3) is 27.8 Å². The first kappa shape index (κ1) is 19.6. The molecule has 0 amide bonds. The van der Waals surface area contributed by atoms with Crippen molar-refractivity contribution in [1.82, 2.24) is 24.1 Å². The zero-order valence-corrected chi connectivity index (χ0v) is 17.1. The van der Waals surface area contributed by atoms with Gasteiger partial charge in [0, 0.05) is 22.6 Å². The monoisotopic (exact) mass is 450 g/mol. The van der Waals surface area contributed by atoms with E-state index >= 15 is 0 Å². The largest absolute Gasteiger partial charge is 0.477 e. The molecular formula is C21H15ClN6O4. The summed E-state index contributed by atoms with van der Waals surface area (Å²) in [7, 11) is 0. The molecule has 5 aromatic rings. The van der Waals surface area contributed by atoms with Gasteiger partial charge in [0.05, 0.1) is 17.5 Å². The minimum atomic E-state index is -1.31. The first-order valence-electron chi connectivity index (χ1n) is 9.43. The lowest BCUT2D eigenvalue weighted by atomic mass is 10.2. The number of nitrogens with two attached hydrogens (primary N) is 1. The fraction of sp³-hybridized carbons (Fsp3) is 0.0476. The third kappa shape index (κ3) is 2.96. The number of fused-ring (bicyclic) bond motifs is 2. The molecule has 0 saturated heterocycles. The highest BCUT2D eigenvalue weighted by Gasteiger charge is 2.27. The predicted molar refractivity (Wildman–Crippen MR) is 120 cm³/mol. The number of hydrogen-bond donors (Lipinski definition) is 4. The molecule has 5 N–H and O–H groups in total. The zero-order chi connectivity index (χ0) is 22.6. The van der Waals surface area contributed by atoms with Crippen LogP contribution >= 0.6 is 11.6 Å². The van der Waals surface area contributed by atoms with Gasteiger partial charge in [-0.25, -0.2) is 19.1 Å². The van der Waals surface area contributed by atoms with E-state index < -0.39 is 17.2 Å². The van der Waals surface area contributed by atoms with Gasteiger partial charge in [0.2, 0.25) is 0 Å². The Hall–Kier alpha value is -4.31. The van der Waals surface area contributed by atoms with Crippen LogP contribution in [0.4, 0.5) is 5.69 Å². The topological polar surface area (TPSA) is 152 Å². The number of aromatic nitrogens is 5. The highest BCUT2D eigenvalue weighted by molar-refractivity contribution is 6.31. The standard InChI is InChI=1S/C21H15ClN6O4/c22-11-4-5-14-13(7-11)16(28-19(29)15-18(25-9-24-15)26-21(28)32)17(20(30)31)27(14)8-10-2-1-3-12(23)6-10/h1-7,9H,8,23H2,(H,24,25)(H,26,32)(H,30,31). The van der Waals surface area contributed by atoms with Gasteiger partial charge in [-0.1, -0.05) is 23.7 Å². The second-order valence-corrected chi connectivity index (χ2v) is 7.63. The summed E-state index contributed by atoms with van der Waals surface area (Å²) in [5, 5.41) is 10.8. The molecule has 0 aliphatic carbocycles. The van der Waals surface area contributed by atoms with Gasteiger partial charge in [-0.05, 0) is 35.9 Å². The number of carboxylic acid groups (broad SMARTS) is 1. The van der Waals surface area contributed by atoms with Gasteiger partial charge >= 0.3 is 11.7 Å². The number of aromatic carboxylic acids is 1. The molecule has 32 heavy (non-hydrogen) atoms.